The zero-order valence-corrected chi connectivity index (χ0v) is 18.5. The summed E-state index contributed by atoms with van der Waals surface area (Å²) in [5, 5.41) is 8.69. The van der Waals surface area contributed by atoms with E-state index in [-0.39, 0.29) is 38.5 Å². The summed E-state index contributed by atoms with van der Waals surface area (Å²) in [6, 6.07) is 5.20. The van der Waals surface area contributed by atoms with E-state index in [9.17, 15) is 23.8 Å². The Bertz CT molecular complexity index is 803. The molecular formula is C18H28N3O9P. The first-order valence-electron chi connectivity index (χ1n) is 9.25. The number of rotatable bonds is 12. The predicted octanol–water partition coefficient (Wildman–Crippen LogP) is 1.03. The Balaban J connectivity index is 2.45. The van der Waals surface area contributed by atoms with Crippen molar-refractivity contribution < 1.29 is 42.9 Å². The van der Waals surface area contributed by atoms with Crippen LogP contribution >= 0.6 is 7.75 Å². The molecule has 0 aromatic heterocycles. The quantitative estimate of drug-likeness (QED) is 0.300. The molecule has 0 saturated carbocycles. The van der Waals surface area contributed by atoms with Gasteiger partial charge in [-0.1, -0.05) is 12.1 Å². The molecule has 174 valence electrons. The number of carboxylic acids is 1. The highest BCUT2D eigenvalue weighted by atomic mass is 31.2. The third kappa shape index (κ3) is 9.90. The zero-order valence-electron chi connectivity index (χ0n) is 17.6. The molecule has 0 aliphatic heterocycles. The van der Waals surface area contributed by atoms with Crippen LogP contribution in [0.25, 0.3) is 0 Å². The van der Waals surface area contributed by atoms with E-state index in [1.165, 1.54) is 25.9 Å². The van der Waals surface area contributed by atoms with Crippen LogP contribution < -0.4 is 10.5 Å². The number of nitrogens with zero attached hydrogens (tertiary/aromatic N) is 2. The molecule has 13 heteroatoms. The number of nitrogens with two attached hydrogens (primary N) is 1. The van der Waals surface area contributed by atoms with Crippen LogP contribution in [0.15, 0.2) is 24.3 Å². The molecule has 0 fully saturated rings. The van der Waals surface area contributed by atoms with Crippen molar-refractivity contribution in [1.82, 2.24) is 9.57 Å². The normalized spacial score (nSPS) is 13.9. The number of hydrogen-bond donors (Lipinski definition) is 3. The fourth-order valence-electron chi connectivity index (χ4n) is 2.05. The van der Waals surface area contributed by atoms with Gasteiger partial charge in [-0.15, -0.1) is 0 Å². The third-order valence-electron chi connectivity index (χ3n) is 4.08. The summed E-state index contributed by atoms with van der Waals surface area (Å²) in [5.41, 5.74) is 6.04. The van der Waals surface area contributed by atoms with Crippen molar-refractivity contribution in [2.45, 2.75) is 26.0 Å². The van der Waals surface area contributed by atoms with Gasteiger partial charge in [-0.05, 0) is 31.2 Å². The number of hydrogen-bond acceptors (Lipinski definition) is 8. The molecule has 0 aliphatic rings. The van der Waals surface area contributed by atoms with Crippen molar-refractivity contribution in [3.8, 4) is 5.75 Å². The molecule has 0 radical (unpaired) electrons. The van der Waals surface area contributed by atoms with Gasteiger partial charge in [0.2, 0.25) is 0 Å². The Morgan fingerprint density at radius 2 is 1.77 bits per heavy atom. The second-order valence-electron chi connectivity index (χ2n) is 6.65. The van der Waals surface area contributed by atoms with Gasteiger partial charge >= 0.3 is 25.8 Å². The van der Waals surface area contributed by atoms with Gasteiger partial charge in [0.15, 0.2) is 0 Å². The standard InChI is InChI=1S/C18H28N3O9P/c1-13(22)28-12-14-4-6-15(7-5-14)30-18(25)20(2)9-10-21(3)31(26,27)29-11-8-16(19)17(23)24/h4-7,16H,8-12,19H2,1-3H3,(H,23,24)(H,26,27)/t16-/m0/s1. The lowest BCUT2D eigenvalue weighted by molar-refractivity contribution is -0.142. The second kappa shape index (κ2) is 12.4. The van der Waals surface area contributed by atoms with Gasteiger partial charge in [0, 0.05) is 27.1 Å². The predicted molar refractivity (Wildman–Crippen MR) is 109 cm³/mol. The van der Waals surface area contributed by atoms with E-state index in [1.54, 1.807) is 24.3 Å². The number of carboxylic acid groups (broad SMARTS) is 1. The minimum absolute atomic E-state index is 0.00825. The van der Waals surface area contributed by atoms with E-state index < -0.39 is 31.8 Å². The summed E-state index contributed by atoms with van der Waals surface area (Å²) in [4.78, 5) is 44.8. The molecule has 1 aromatic rings. The van der Waals surface area contributed by atoms with Gasteiger partial charge in [-0.2, -0.15) is 0 Å². The third-order valence-corrected chi connectivity index (χ3v) is 5.66. The van der Waals surface area contributed by atoms with Crippen LogP contribution in [-0.2, 0) is 30.0 Å². The van der Waals surface area contributed by atoms with E-state index >= 15 is 0 Å². The highest BCUT2D eigenvalue weighted by Crippen LogP contribution is 2.44. The van der Waals surface area contributed by atoms with Crippen LogP contribution in [0.4, 0.5) is 4.79 Å². The van der Waals surface area contributed by atoms with Gasteiger partial charge in [0.25, 0.3) is 0 Å². The van der Waals surface area contributed by atoms with Crippen molar-refractivity contribution in [3.63, 3.8) is 0 Å². The monoisotopic (exact) mass is 461 g/mol. The molecular weight excluding hydrogens is 433 g/mol. The number of carbonyl (C=O) groups is 3. The maximum atomic E-state index is 12.2. The molecule has 1 amide bonds. The second-order valence-corrected chi connectivity index (χ2v) is 8.57. The fourth-order valence-corrected chi connectivity index (χ4v) is 2.93. The van der Waals surface area contributed by atoms with Crippen molar-refractivity contribution in [3.05, 3.63) is 29.8 Å². The fraction of sp³-hybridized carbons (Fsp3) is 0.500. The Kier molecular flexibility index (Phi) is 10.6. The van der Waals surface area contributed by atoms with Gasteiger partial charge in [-0.25, -0.2) is 14.0 Å². The number of likely N-dealkylation sites (N-methyl/N-ethyl adjacent to an activating group) is 2. The number of esters is 1. The summed E-state index contributed by atoms with van der Waals surface area (Å²) in [5.74, 6) is -1.35. The molecule has 1 aromatic carbocycles. The van der Waals surface area contributed by atoms with Crippen LogP contribution in [0.2, 0.25) is 0 Å². The lowest BCUT2D eigenvalue weighted by Crippen LogP contribution is -2.36. The highest BCUT2D eigenvalue weighted by Gasteiger charge is 2.27. The van der Waals surface area contributed by atoms with Crippen molar-refractivity contribution >= 4 is 25.8 Å². The number of aliphatic carboxylic acids is 1. The Hall–Kier alpha value is -2.50. The lowest BCUT2D eigenvalue weighted by atomic mass is 10.2. The lowest BCUT2D eigenvalue weighted by Gasteiger charge is -2.25. The minimum atomic E-state index is -4.17. The van der Waals surface area contributed by atoms with Crippen LogP contribution in [0, 0.1) is 0 Å². The number of benzene rings is 1. The topological polar surface area (TPSA) is 169 Å². The summed E-state index contributed by atoms with van der Waals surface area (Å²) in [7, 11) is -1.38. The minimum Gasteiger partial charge on any atom is -0.480 e. The first-order chi connectivity index (χ1) is 14.4. The van der Waals surface area contributed by atoms with Crippen LogP contribution in [0.3, 0.4) is 0 Å². The molecule has 0 bridgehead atoms. The Morgan fingerprint density at radius 3 is 2.32 bits per heavy atom. The number of carbonyl (C=O) groups excluding carboxylic acids is 2. The zero-order chi connectivity index (χ0) is 23.6. The molecule has 0 saturated heterocycles. The Labute approximate surface area is 180 Å². The summed E-state index contributed by atoms with van der Waals surface area (Å²) in [6.45, 7) is 1.16. The molecule has 31 heavy (non-hydrogen) atoms. The molecule has 1 unspecified atom stereocenters. The maximum absolute atomic E-state index is 12.2. The van der Waals surface area contributed by atoms with E-state index in [4.69, 9.17) is 24.8 Å². The average Bonchev–Trinajstić information content (AvgIpc) is 2.70. The Morgan fingerprint density at radius 1 is 1.16 bits per heavy atom. The average molecular weight is 461 g/mol. The first-order valence-corrected chi connectivity index (χ1v) is 10.8. The molecule has 12 nitrogen and oxygen atoms in total. The van der Waals surface area contributed by atoms with Gasteiger partial charge in [0.05, 0.1) is 6.61 Å². The highest BCUT2D eigenvalue weighted by molar-refractivity contribution is 7.50. The largest absolute Gasteiger partial charge is 0.480 e. The maximum Gasteiger partial charge on any atom is 0.415 e. The molecule has 0 aliphatic carbocycles. The van der Waals surface area contributed by atoms with E-state index in [2.05, 4.69) is 0 Å². The van der Waals surface area contributed by atoms with Gasteiger partial charge in [-0.3, -0.25) is 14.1 Å². The van der Waals surface area contributed by atoms with Crippen molar-refractivity contribution in [2.24, 2.45) is 5.73 Å². The SMILES string of the molecule is CC(=O)OCc1ccc(OC(=O)N(C)CCN(C)P(=O)(O)OCC[C@H](N)C(=O)O)cc1. The van der Waals surface area contributed by atoms with Crippen LogP contribution in [0.5, 0.6) is 5.75 Å². The molecule has 1 rings (SSSR count). The van der Waals surface area contributed by atoms with E-state index in [0.717, 1.165) is 10.2 Å². The first kappa shape index (κ1) is 26.5. The van der Waals surface area contributed by atoms with Crippen molar-refractivity contribution in [1.29, 1.82) is 0 Å². The van der Waals surface area contributed by atoms with Crippen LogP contribution in [-0.4, -0.2) is 77.4 Å². The molecule has 2 atom stereocenters. The summed E-state index contributed by atoms with van der Waals surface area (Å²) < 4.78 is 28.2. The van der Waals surface area contributed by atoms with Gasteiger partial charge in [0.1, 0.15) is 18.4 Å². The number of ether oxygens (including phenoxy) is 2. The van der Waals surface area contributed by atoms with E-state index in [0.29, 0.717) is 0 Å². The molecule has 0 heterocycles. The molecule has 4 N–H and O–H groups in total. The number of amides is 1. The smallest absolute Gasteiger partial charge is 0.415 e. The molecule has 0 spiro atoms. The van der Waals surface area contributed by atoms with Crippen molar-refractivity contribution in [2.75, 3.05) is 33.8 Å². The van der Waals surface area contributed by atoms with Gasteiger partial charge < -0.3 is 30.1 Å². The van der Waals surface area contributed by atoms with Crippen LogP contribution in [0.1, 0.15) is 18.9 Å². The summed E-state index contributed by atoms with van der Waals surface area (Å²) in [6.07, 6.45) is -0.804. The summed E-state index contributed by atoms with van der Waals surface area (Å²) >= 11 is 0. The van der Waals surface area contributed by atoms with E-state index in [1.807, 2.05) is 0 Å².